The summed E-state index contributed by atoms with van der Waals surface area (Å²) in [6.07, 6.45) is 14.4. The van der Waals surface area contributed by atoms with Gasteiger partial charge in [-0.15, -0.1) is 0 Å². The number of aliphatic hydroxyl groups is 2. The van der Waals surface area contributed by atoms with Gasteiger partial charge in [-0.05, 0) is 12.8 Å². The summed E-state index contributed by atoms with van der Waals surface area (Å²) in [7, 11) is 0. The normalized spacial score (nSPS) is 13.3. The molecule has 5 heteroatoms. The number of ketones is 1. The summed E-state index contributed by atoms with van der Waals surface area (Å²) in [5.74, 6) is -1.31. The fourth-order valence-corrected chi connectivity index (χ4v) is 3.30. The molecule has 0 aromatic rings. The van der Waals surface area contributed by atoms with Crippen molar-refractivity contribution in [1.82, 2.24) is 0 Å². The van der Waals surface area contributed by atoms with Gasteiger partial charge in [-0.3, -0.25) is 9.59 Å². The molecule has 2 unspecified atom stereocenters. The lowest BCUT2D eigenvalue weighted by molar-refractivity contribution is -0.155. The van der Waals surface area contributed by atoms with Crippen LogP contribution in [0.4, 0.5) is 0 Å². The van der Waals surface area contributed by atoms with E-state index in [1.165, 1.54) is 44.9 Å². The maximum Gasteiger partial charge on any atom is 0.316 e. The van der Waals surface area contributed by atoms with Gasteiger partial charge in [0.2, 0.25) is 0 Å². The highest BCUT2D eigenvalue weighted by Gasteiger charge is 2.27. The van der Waals surface area contributed by atoms with Gasteiger partial charge in [0.1, 0.15) is 24.4 Å². The van der Waals surface area contributed by atoms with Gasteiger partial charge in [0.25, 0.3) is 0 Å². The molecule has 0 radical (unpaired) electrons. The van der Waals surface area contributed by atoms with Gasteiger partial charge in [-0.2, -0.15) is 0 Å². The van der Waals surface area contributed by atoms with Gasteiger partial charge in [0.15, 0.2) is 0 Å². The molecule has 0 saturated heterocycles. The summed E-state index contributed by atoms with van der Waals surface area (Å²) in [5, 5.41) is 18.2. The molecule has 0 amide bonds. The zero-order valence-corrected chi connectivity index (χ0v) is 18.3. The summed E-state index contributed by atoms with van der Waals surface area (Å²) in [4.78, 5) is 24.9. The van der Waals surface area contributed by atoms with E-state index < -0.39 is 24.6 Å². The van der Waals surface area contributed by atoms with Crippen molar-refractivity contribution in [1.29, 1.82) is 0 Å². The lowest BCUT2D eigenvalue weighted by Gasteiger charge is -2.16. The largest absolute Gasteiger partial charge is 0.462 e. The summed E-state index contributed by atoms with van der Waals surface area (Å²) < 4.78 is 5.08. The van der Waals surface area contributed by atoms with Crippen LogP contribution >= 0.6 is 0 Å². The van der Waals surface area contributed by atoms with Gasteiger partial charge in [0.05, 0.1) is 6.61 Å². The molecule has 166 valence electrons. The van der Waals surface area contributed by atoms with E-state index in [0.29, 0.717) is 12.8 Å². The van der Waals surface area contributed by atoms with Crippen molar-refractivity contribution < 1.29 is 24.5 Å². The van der Waals surface area contributed by atoms with E-state index in [0.717, 1.165) is 38.5 Å². The lowest BCUT2D eigenvalue weighted by Crippen LogP contribution is -2.30. The summed E-state index contributed by atoms with van der Waals surface area (Å²) in [6, 6.07) is 0. The number of esters is 1. The highest BCUT2D eigenvalue weighted by molar-refractivity contribution is 5.98. The van der Waals surface area contributed by atoms with Gasteiger partial charge >= 0.3 is 5.97 Å². The van der Waals surface area contributed by atoms with E-state index in [9.17, 15) is 14.7 Å². The number of ether oxygens (including phenoxy) is 1. The third-order valence-electron chi connectivity index (χ3n) is 5.17. The Morgan fingerprint density at radius 1 is 0.786 bits per heavy atom. The van der Waals surface area contributed by atoms with Gasteiger partial charge in [-0.25, -0.2) is 0 Å². The van der Waals surface area contributed by atoms with E-state index in [-0.39, 0.29) is 12.4 Å². The first kappa shape index (κ1) is 27.1. The van der Waals surface area contributed by atoms with E-state index in [1.807, 2.05) is 0 Å². The molecule has 0 fully saturated rings. The smallest absolute Gasteiger partial charge is 0.316 e. The van der Waals surface area contributed by atoms with Crippen molar-refractivity contribution in [3.63, 3.8) is 0 Å². The molecule has 0 aromatic carbocycles. The fourth-order valence-electron chi connectivity index (χ4n) is 3.30. The van der Waals surface area contributed by atoms with Crippen LogP contribution in [-0.2, 0) is 14.3 Å². The van der Waals surface area contributed by atoms with Crippen LogP contribution in [0.3, 0.4) is 0 Å². The standard InChI is InChI=1S/C23H44O5/c1-3-5-7-9-11-13-15-17-22(26)21(16-14-12-10-8-6-4-2)23(27)28-19-20(25)18-24/h20-21,24-25H,3-19H2,1-2H3. The number of hydrogen-bond acceptors (Lipinski definition) is 5. The van der Waals surface area contributed by atoms with Crippen molar-refractivity contribution in [3.8, 4) is 0 Å². The summed E-state index contributed by atoms with van der Waals surface area (Å²) >= 11 is 0. The van der Waals surface area contributed by atoms with Crippen LogP contribution in [0.5, 0.6) is 0 Å². The molecule has 5 nitrogen and oxygen atoms in total. The Hall–Kier alpha value is -0.940. The number of carbonyl (C=O) groups excluding carboxylic acids is 2. The minimum Gasteiger partial charge on any atom is -0.462 e. The molecule has 0 spiro atoms. The first-order valence-electron chi connectivity index (χ1n) is 11.5. The van der Waals surface area contributed by atoms with Crippen molar-refractivity contribution in [2.45, 2.75) is 116 Å². The molecule has 0 aliphatic carbocycles. The quantitative estimate of drug-likeness (QED) is 0.171. The molecule has 28 heavy (non-hydrogen) atoms. The average molecular weight is 401 g/mol. The van der Waals surface area contributed by atoms with Crippen molar-refractivity contribution in [2.75, 3.05) is 13.2 Å². The summed E-state index contributed by atoms with van der Waals surface area (Å²) in [5.41, 5.74) is 0. The third-order valence-corrected chi connectivity index (χ3v) is 5.17. The second-order valence-corrected chi connectivity index (χ2v) is 7.91. The van der Waals surface area contributed by atoms with Gasteiger partial charge in [-0.1, -0.05) is 90.9 Å². The summed E-state index contributed by atoms with van der Waals surface area (Å²) in [6.45, 7) is 3.66. The molecular weight excluding hydrogens is 356 g/mol. The molecular formula is C23H44O5. The van der Waals surface area contributed by atoms with Crippen LogP contribution in [0.25, 0.3) is 0 Å². The lowest BCUT2D eigenvalue weighted by atomic mass is 9.93. The minimum atomic E-state index is -1.09. The first-order valence-corrected chi connectivity index (χ1v) is 11.5. The minimum absolute atomic E-state index is 0.0365. The highest BCUT2D eigenvalue weighted by Crippen LogP contribution is 2.18. The Kier molecular flexibility index (Phi) is 18.7. The Bertz CT molecular complexity index is 383. The SMILES string of the molecule is CCCCCCCCCC(=O)C(CCCCCCCC)C(=O)OCC(O)CO. The van der Waals surface area contributed by atoms with Crippen LogP contribution in [0.1, 0.15) is 110 Å². The van der Waals surface area contributed by atoms with E-state index in [1.54, 1.807) is 0 Å². The maximum absolute atomic E-state index is 12.6. The maximum atomic E-state index is 12.6. The number of Topliss-reactive ketones (excluding diaryl/α,β-unsaturated/α-hetero) is 1. The van der Waals surface area contributed by atoms with E-state index in [2.05, 4.69) is 13.8 Å². The number of carbonyl (C=O) groups is 2. The second kappa shape index (κ2) is 19.4. The van der Waals surface area contributed by atoms with Crippen molar-refractivity contribution in [3.05, 3.63) is 0 Å². The number of unbranched alkanes of at least 4 members (excludes halogenated alkanes) is 11. The molecule has 2 atom stereocenters. The monoisotopic (exact) mass is 400 g/mol. The van der Waals surface area contributed by atoms with Crippen LogP contribution in [0.15, 0.2) is 0 Å². The molecule has 0 heterocycles. The average Bonchev–Trinajstić information content (AvgIpc) is 2.70. The third kappa shape index (κ3) is 15.0. The molecule has 0 rings (SSSR count). The molecule has 0 saturated carbocycles. The Labute approximate surface area is 172 Å². The van der Waals surface area contributed by atoms with Crippen LogP contribution in [0.2, 0.25) is 0 Å². The first-order chi connectivity index (χ1) is 13.6. The second-order valence-electron chi connectivity index (χ2n) is 7.91. The van der Waals surface area contributed by atoms with E-state index in [4.69, 9.17) is 9.84 Å². The predicted molar refractivity (Wildman–Crippen MR) is 113 cm³/mol. The van der Waals surface area contributed by atoms with Crippen LogP contribution < -0.4 is 0 Å². The fraction of sp³-hybridized carbons (Fsp3) is 0.913. The topological polar surface area (TPSA) is 83.8 Å². The molecule has 2 N–H and O–H groups in total. The molecule has 0 aliphatic heterocycles. The van der Waals surface area contributed by atoms with E-state index >= 15 is 0 Å². The Morgan fingerprint density at radius 2 is 1.29 bits per heavy atom. The van der Waals surface area contributed by atoms with Crippen LogP contribution in [0, 0.1) is 5.92 Å². The molecule has 0 aliphatic rings. The van der Waals surface area contributed by atoms with Gasteiger partial charge < -0.3 is 14.9 Å². The van der Waals surface area contributed by atoms with Gasteiger partial charge in [0, 0.05) is 6.42 Å². The Morgan fingerprint density at radius 3 is 1.82 bits per heavy atom. The van der Waals surface area contributed by atoms with Crippen LogP contribution in [-0.4, -0.2) is 41.3 Å². The molecule has 0 aromatic heterocycles. The Balaban J connectivity index is 4.31. The van der Waals surface area contributed by atoms with Crippen molar-refractivity contribution in [2.24, 2.45) is 5.92 Å². The zero-order valence-electron chi connectivity index (χ0n) is 18.3. The zero-order chi connectivity index (χ0) is 21.0. The number of rotatable bonds is 20. The number of hydrogen-bond donors (Lipinski definition) is 2. The molecule has 0 bridgehead atoms. The predicted octanol–water partition coefficient (Wildman–Crippen LogP) is 4.96. The highest BCUT2D eigenvalue weighted by atomic mass is 16.5. The van der Waals surface area contributed by atoms with Crippen molar-refractivity contribution >= 4 is 11.8 Å². The number of aliphatic hydroxyl groups excluding tert-OH is 2.